The highest BCUT2D eigenvalue weighted by Crippen LogP contribution is 2.43. The SMILES string of the molecule is COCC1CCCN1CC1OC(c2ccc(-c3ccccc3CN3C(=O)CC(NC(=O)OCc4ccccc4)C3=O)cc2)OC(c2ccc(CO)cc2)C1C. The van der Waals surface area contributed by atoms with Crippen LogP contribution in [0.25, 0.3) is 11.1 Å². The largest absolute Gasteiger partial charge is 0.445 e. The van der Waals surface area contributed by atoms with Gasteiger partial charge in [0.25, 0.3) is 5.91 Å². The molecule has 288 valence electrons. The Morgan fingerprint density at radius 2 is 1.62 bits per heavy atom. The van der Waals surface area contributed by atoms with Crippen LogP contribution in [0.5, 0.6) is 0 Å². The second-order valence-corrected chi connectivity index (χ2v) is 14.6. The van der Waals surface area contributed by atoms with Gasteiger partial charge in [0.05, 0.1) is 38.4 Å². The molecule has 0 radical (unpaired) electrons. The van der Waals surface area contributed by atoms with Gasteiger partial charge < -0.3 is 29.4 Å². The van der Waals surface area contributed by atoms with Gasteiger partial charge in [0.2, 0.25) is 5.91 Å². The molecule has 55 heavy (non-hydrogen) atoms. The van der Waals surface area contributed by atoms with Crippen molar-refractivity contribution in [2.24, 2.45) is 5.92 Å². The quantitative estimate of drug-likeness (QED) is 0.152. The summed E-state index contributed by atoms with van der Waals surface area (Å²) in [4.78, 5) is 42.6. The molecule has 3 fully saturated rings. The zero-order valence-corrected chi connectivity index (χ0v) is 31.3. The van der Waals surface area contributed by atoms with Crippen molar-refractivity contribution in [3.63, 3.8) is 0 Å². The Morgan fingerprint density at radius 3 is 2.36 bits per heavy atom. The number of methoxy groups -OCH3 is 1. The number of hydrogen-bond donors (Lipinski definition) is 2. The number of ether oxygens (including phenoxy) is 4. The van der Waals surface area contributed by atoms with Crippen molar-refractivity contribution in [3.05, 3.63) is 131 Å². The van der Waals surface area contributed by atoms with Crippen LogP contribution in [0.15, 0.2) is 103 Å². The number of alkyl carbamates (subject to hydrolysis) is 1. The van der Waals surface area contributed by atoms with Gasteiger partial charge in [0.15, 0.2) is 6.29 Å². The standard InChI is InChI=1S/C44H49N3O8/c1-29-39(25-46-22-8-12-36(46)28-52-2)54-43(55-41(29)33-16-14-30(26-48)15-17-33)34-20-18-32(19-21-34)37-13-7-6-11-35(37)24-47-40(49)23-38(42(47)50)45-44(51)53-27-31-9-4-3-5-10-31/h3-7,9-11,13-21,29,36,38-39,41,43,48H,8,12,22-28H2,1-2H3,(H,45,51). The number of carbonyl (C=O) groups excluding carboxylic acids is 3. The number of imide groups is 1. The third-order valence-electron chi connectivity index (χ3n) is 11.0. The number of rotatable bonds is 13. The molecule has 3 aliphatic rings. The van der Waals surface area contributed by atoms with Gasteiger partial charge in [-0.1, -0.05) is 110 Å². The second kappa shape index (κ2) is 17.7. The predicted molar refractivity (Wildman–Crippen MR) is 205 cm³/mol. The highest BCUT2D eigenvalue weighted by atomic mass is 16.7. The average molecular weight is 748 g/mol. The van der Waals surface area contributed by atoms with Gasteiger partial charge in [-0.15, -0.1) is 0 Å². The zero-order chi connectivity index (χ0) is 38.3. The average Bonchev–Trinajstić information content (AvgIpc) is 3.76. The number of amides is 3. The van der Waals surface area contributed by atoms with E-state index < -0.39 is 24.3 Å². The number of aliphatic hydroxyl groups excluding tert-OH is 1. The number of benzene rings is 4. The van der Waals surface area contributed by atoms with Crippen LogP contribution in [-0.4, -0.2) is 77.8 Å². The molecule has 6 atom stereocenters. The van der Waals surface area contributed by atoms with Gasteiger partial charge in [-0.2, -0.15) is 0 Å². The van der Waals surface area contributed by atoms with Gasteiger partial charge >= 0.3 is 6.09 Å². The second-order valence-electron chi connectivity index (χ2n) is 14.6. The van der Waals surface area contributed by atoms with Crippen LogP contribution >= 0.6 is 0 Å². The minimum Gasteiger partial charge on any atom is -0.445 e. The summed E-state index contributed by atoms with van der Waals surface area (Å²) in [6, 6.07) is 32.3. The lowest BCUT2D eigenvalue weighted by Gasteiger charge is -2.43. The summed E-state index contributed by atoms with van der Waals surface area (Å²) in [7, 11) is 1.75. The molecule has 0 saturated carbocycles. The molecule has 2 N–H and O–H groups in total. The number of hydrogen-bond acceptors (Lipinski definition) is 9. The van der Waals surface area contributed by atoms with Crippen LogP contribution in [0.3, 0.4) is 0 Å². The van der Waals surface area contributed by atoms with Crippen molar-refractivity contribution in [1.29, 1.82) is 0 Å². The van der Waals surface area contributed by atoms with Crippen molar-refractivity contribution in [1.82, 2.24) is 15.1 Å². The van der Waals surface area contributed by atoms with Crippen molar-refractivity contribution >= 4 is 17.9 Å². The molecule has 3 saturated heterocycles. The molecule has 11 heteroatoms. The first kappa shape index (κ1) is 38.4. The summed E-state index contributed by atoms with van der Waals surface area (Å²) in [6.45, 7) is 4.75. The van der Waals surface area contributed by atoms with Crippen molar-refractivity contribution in [2.45, 2.75) is 76.5 Å². The molecule has 6 unspecified atom stereocenters. The highest BCUT2D eigenvalue weighted by molar-refractivity contribution is 6.06. The molecule has 4 aromatic rings. The Labute approximate surface area is 322 Å². The van der Waals surface area contributed by atoms with E-state index in [0.29, 0.717) is 12.6 Å². The third kappa shape index (κ3) is 8.98. The number of carbonyl (C=O) groups is 3. The summed E-state index contributed by atoms with van der Waals surface area (Å²) in [5, 5.41) is 12.2. The molecule has 0 bridgehead atoms. The first-order valence-corrected chi connectivity index (χ1v) is 19.0. The maximum Gasteiger partial charge on any atom is 0.408 e. The van der Waals surface area contributed by atoms with Crippen LogP contribution in [0.1, 0.15) is 66.4 Å². The van der Waals surface area contributed by atoms with E-state index in [4.69, 9.17) is 18.9 Å². The van der Waals surface area contributed by atoms with Crippen LogP contribution in [0.2, 0.25) is 0 Å². The monoisotopic (exact) mass is 747 g/mol. The lowest BCUT2D eigenvalue weighted by Crippen LogP contribution is -2.46. The van der Waals surface area contributed by atoms with Gasteiger partial charge in [0.1, 0.15) is 12.6 Å². The Balaban J connectivity index is 1.05. The summed E-state index contributed by atoms with van der Waals surface area (Å²) >= 11 is 0. The lowest BCUT2D eigenvalue weighted by atomic mass is 9.89. The Morgan fingerprint density at radius 1 is 0.891 bits per heavy atom. The van der Waals surface area contributed by atoms with Crippen molar-refractivity contribution in [2.75, 3.05) is 26.8 Å². The predicted octanol–water partition coefficient (Wildman–Crippen LogP) is 6.30. The molecule has 11 nitrogen and oxygen atoms in total. The molecule has 7 rings (SSSR count). The maximum atomic E-state index is 13.4. The fraction of sp³-hybridized carbons (Fsp3) is 0.386. The van der Waals surface area contributed by atoms with E-state index in [-0.39, 0.29) is 50.2 Å². The van der Waals surface area contributed by atoms with E-state index >= 15 is 0 Å². The van der Waals surface area contributed by atoms with E-state index in [1.54, 1.807) is 7.11 Å². The number of nitrogens with one attached hydrogen (secondary N) is 1. The lowest BCUT2D eigenvalue weighted by molar-refractivity contribution is -0.276. The van der Waals surface area contributed by atoms with Crippen LogP contribution < -0.4 is 5.32 Å². The minimum absolute atomic E-state index is 0.0184. The van der Waals surface area contributed by atoms with E-state index in [1.165, 1.54) is 4.90 Å². The van der Waals surface area contributed by atoms with Crippen molar-refractivity contribution < 1.29 is 38.4 Å². The molecule has 3 heterocycles. The number of likely N-dealkylation sites (tertiary alicyclic amines) is 2. The Hall–Kier alpha value is -4.91. The van der Waals surface area contributed by atoms with E-state index in [9.17, 15) is 19.5 Å². The minimum atomic E-state index is -0.989. The van der Waals surface area contributed by atoms with Gasteiger partial charge in [-0.25, -0.2) is 4.79 Å². The molecule has 0 aromatic heterocycles. The zero-order valence-electron chi connectivity index (χ0n) is 31.3. The van der Waals surface area contributed by atoms with E-state index in [0.717, 1.165) is 64.9 Å². The molecule has 0 spiro atoms. The molecular formula is C44H49N3O8. The Kier molecular flexibility index (Phi) is 12.3. The topological polar surface area (TPSA) is 127 Å². The first-order valence-electron chi connectivity index (χ1n) is 19.0. The molecule has 3 amide bonds. The Bertz CT molecular complexity index is 1920. The number of aliphatic hydroxyl groups is 1. The normalized spacial score (nSPS) is 24.3. The fourth-order valence-corrected chi connectivity index (χ4v) is 7.87. The summed E-state index contributed by atoms with van der Waals surface area (Å²) in [5.74, 6) is -0.760. The fourth-order valence-electron chi connectivity index (χ4n) is 7.87. The van der Waals surface area contributed by atoms with E-state index in [2.05, 4.69) is 17.1 Å². The summed E-state index contributed by atoms with van der Waals surface area (Å²) in [5.41, 5.74) is 6.17. The van der Waals surface area contributed by atoms with Crippen LogP contribution in [-0.2, 0) is 48.3 Å². The maximum absolute atomic E-state index is 13.4. The number of nitrogens with zero attached hydrogens (tertiary/aromatic N) is 2. The molecule has 4 aromatic carbocycles. The first-order chi connectivity index (χ1) is 26.8. The van der Waals surface area contributed by atoms with Crippen molar-refractivity contribution in [3.8, 4) is 11.1 Å². The molecular weight excluding hydrogens is 698 g/mol. The molecule has 0 aliphatic carbocycles. The summed E-state index contributed by atoms with van der Waals surface area (Å²) in [6.07, 6.45) is 0.422. The van der Waals surface area contributed by atoms with Crippen LogP contribution in [0.4, 0.5) is 4.79 Å². The highest BCUT2D eigenvalue weighted by Gasteiger charge is 2.42. The molecule has 3 aliphatic heterocycles. The summed E-state index contributed by atoms with van der Waals surface area (Å²) < 4.78 is 24.3. The smallest absolute Gasteiger partial charge is 0.408 e. The third-order valence-corrected chi connectivity index (χ3v) is 11.0. The van der Waals surface area contributed by atoms with Gasteiger partial charge in [-0.05, 0) is 52.8 Å². The van der Waals surface area contributed by atoms with Crippen LogP contribution in [0, 0.1) is 5.92 Å². The van der Waals surface area contributed by atoms with E-state index in [1.807, 2.05) is 103 Å². The van der Waals surface area contributed by atoms with Gasteiger partial charge in [-0.3, -0.25) is 19.4 Å². The van der Waals surface area contributed by atoms with Gasteiger partial charge in [0, 0.05) is 31.2 Å².